The summed E-state index contributed by atoms with van der Waals surface area (Å²) in [5.74, 6) is 0.728. The summed E-state index contributed by atoms with van der Waals surface area (Å²) in [7, 11) is 0. The summed E-state index contributed by atoms with van der Waals surface area (Å²) in [6.07, 6.45) is 6.09. The number of hydrogen-bond acceptors (Lipinski definition) is 5. The average Bonchev–Trinajstić information content (AvgIpc) is 3.26. The quantitative estimate of drug-likeness (QED) is 0.504. The van der Waals surface area contributed by atoms with Gasteiger partial charge in [-0.15, -0.1) is 0 Å². The normalized spacial score (nSPS) is 11.1. The van der Waals surface area contributed by atoms with Gasteiger partial charge in [0.15, 0.2) is 0 Å². The van der Waals surface area contributed by atoms with E-state index >= 15 is 0 Å². The molecule has 0 saturated heterocycles. The Balaban J connectivity index is 1.65. The molecule has 25 heavy (non-hydrogen) atoms. The molecule has 0 amide bonds. The number of rotatable bonds is 6. The largest absolute Gasteiger partial charge is 0.394 e. The average molecular weight is 334 g/mol. The molecule has 0 spiro atoms. The van der Waals surface area contributed by atoms with Gasteiger partial charge in [0, 0.05) is 24.1 Å². The molecule has 0 unspecified atom stereocenters. The summed E-state index contributed by atoms with van der Waals surface area (Å²) in [6, 6.07) is 12.2. The zero-order valence-corrected chi connectivity index (χ0v) is 13.6. The van der Waals surface area contributed by atoms with E-state index in [-0.39, 0.29) is 6.61 Å². The maximum atomic E-state index is 8.99. The van der Waals surface area contributed by atoms with Crippen LogP contribution in [-0.4, -0.2) is 36.7 Å². The Hall–Kier alpha value is -3.19. The van der Waals surface area contributed by atoms with E-state index in [1.807, 2.05) is 36.7 Å². The van der Waals surface area contributed by atoms with Crippen molar-refractivity contribution in [1.29, 1.82) is 0 Å². The van der Waals surface area contributed by atoms with Gasteiger partial charge in [0.25, 0.3) is 0 Å². The molecule has 0 saturated carbocycles. The van der Waals surface area contributed by atoms with Crippen LogP contribution in [0.15, 0.2) is 55.0 Å². The van der Waals surface area contributed by atoms with Gasteiger partial charge >= 0.3 is 0 Å². The van der Waals surface area contributed by atoms with Crippen molar-refractivity contribution in [2.45, 2.75) is 13.0 Å². The summed E-state index contributed by atoms with van der Waals surface area (Å²) in [5, 5.41) is 24.6. The van der Waals surface area contributed by atoms with Crippen LogP contribution in [0.1, 0.15) is 11.3 Å². The van der Waals surface area contributed by atoms with Gasteiger partial charge in [0.1, 0.15) is 5.82 Å². The number of nitrogens with zero attached hydrogens (tertiary/aromatic N) is 4. The van der Waals surface area contributed by atoms with Crippen LogP contribution in [0, 0.1) is 0 Å². The van der Waals surface area contributed by atoms with Crippen molar-refractivity contribution < 1.29 is 5.11 Å². The van der Waals surface area contributed by atoms with Crippen LogP contribution in [0.5, 0.6) is 0 Å². The van der Waals surface area contributed by atoms with Gasteiger partial charge < -0.3 is 10.4 Å². The molecule has 126 valence electrons. The molecular formula is C18H18N6O. The first-order valence-electron chi connectivity index (χ1n) is 8.09. The van der Waals surface area contributed by atoms with E-state index in [1.165, 1.54) is 5.56 Å². The molecule has 0 radical (unpaired) electrons. The van der Waals surface area contributed by atoms with Crippen molar-refractivity contribution in [2.24, 2.45) is 0 Å². The van der Waals surface area contributed by atoms with Crippen molar-refractivity contribution in [3.63, 3.8) is 0 Å². The molecule has 0 bridgehead atoms. The third-order valence-corrected chi connectivity index (χ3v) is 3.97. The van der Waals surface area contributed by atoms with Gasteiger partial charge in [0.2, 0.25) is 0 Å². The van der Waals surface area contributed by atoms with Crippen molar-refractivity contribution in [3.05, 3.63) is 66.2 Å². The number of aromatic amines is 1. The fourth-order valence-corrected chi connectivity index (χ4v) is 2.80. The summed E-state index contributed by atoms with van der Waals surface area (Å²) in [6.45, 7) is 0.522. The Morgan fingerprint density at radius 3 is 2.88 bits per heavy atom. The second-order valence-electron chi connectivity index (χ2n) is 5.79. The fraction of sp³-hybridized carbons (Fsp3) is 0.167. The number of pyridine rings is 1. The first-order valence-corrected chi connectivity index (χ1v) is 8.09. The Kier molecular flexibility index (Phi) is 4.14. The molecule has 3 N–H and O–H groups in total. The zero-order chi connectivity index (χ0) is 17.1. The smallest absolute Gasteiger partial charge is 0.132 e. The van der Waals surface area contributed by atoms with E-state index in [4.69, 9.17) is 10.1 Å². The Bertz CT molecular complexity index is 976. The predicted octanol–water partition coefficient (Wildman–Crippen LogP) is 2.48. The molecule has 0 aliphatic heterocycles. The summed E-state index contributed by atoms with van der Waals surface area (Å²) in [4.78, 5) is 4.76. The monoisotopic (exact) mass is 334 g/mol. The van der Waals surface area contributed by atoms with Gasteiger partial charge in [-0.2, -0.15) is 10.2 Å². The highest BCUT2D eigenvalue weighted by Gasteiger charge is 2.10. The van der Waals surface area contributed by atoms with E-state index in [0.717, 1.165) is 34.5 Å². The number of fused-ring (bicyclic) bond motifs is 1. The number of anilines is 2. The Labute approximate surface area is 144 Å². The van der Waals surface area contributed by atoms with Crippen molar-refractivity contribution in [3.8, 4) is 0 Å². The van der Waals surface area contributed by atoms with Crippen molar-refractivity contribution >= 4 is 22.4 Å². The molecule has 7 heteroatoms. The Morgan fingerprint density at radius 1 is 1.16 bits per heavy atom. The molecule has 3 heterocycles. The molecule has 0 atom stereocenters. The number of aliphatic hydroxyl groups excluding tert-OH is 1. The summed E-state index contributed by atoms with van der Waals surface area (Å²) in [5.41, 5.74) is 3.92. The van der Waals surface area contributed by atoms with Gasteiger partial charge in [-0.25, -0.2) is 4.98 Å². The molecule has 3 aromatic heterocycles. The van der Waals surface area contributed by atoms with Crippen LogP contribution < -0.4 is 5.32 Å². The van der Waals surface area contributed by atoms with Crippen LogP contribution in [0.4, 0.5) is 11.5 Å². The maximum absolute atomic E-state index is 8.99. The van der Waals surface area contributed by atoms with Crippen LogP contribution in [0.3, 0.4) is 0 Å². The molecule has 0 aliphatic carbocycles. The number of aromatic nitrogens is 5. The lowest BCUT2D eigenvalue weighted by Crippen LogP contribution is -2.02. The van der Waals surface area contributed by atoms with E-state index in [9.17, 15) is 0 Å². The molecule has 0 aliphatic rings. The minimum atomic E-state index is 0.0562. The fourth-order valence-electron chi connectivity index (χ4n) is 2.80. The first-order chi connectivity index (χ1) is 12.3. The van der Waals surface area contributed by atoms with Gasteiger partial charge in [-0.3, -0.25) is 9.78 Å². The third-order valence-electron chi connectivity index (χ3n) is 3.97. The van der Waals surface area contributed by atoms with Crippen molar-refractivity contribution in [1.82, 2.24) is 25.0 Å². The number of H-pyrrole nitrogens is 1. The minimum Gasteiger partial charge on any atom is -0.394 e. The molecule has 0 fully saturated rings. The van der Waals surface area contributed by atoms with E-state index in [1.54, 1.807) is 10.9 Å². The lowest BCUT2D eigenvalue weighted by molar-refractivity contribution is 0.269. The number of nitrogens with one attached hydrogen (secondary N) is 2. The lowest BCUT2D eigenvalue weighted by Gasteiger charge is -2.08. The SMILES string of the molecule is OCCn1cc(Nc2cc3[nH]ncc3c(Cc3ccccc3)n2)cn1. The zero-order valence-electron chi connectivity index (χ0n) is 13.6. The molecule has 1 aromatic carbocycles. The Morgan fingerprint density at radius 2 is 2.04 bits per heavy atom. The predicted molar refractivity (Wildman–Crippen MR) is 95.7 cm³/mol. The first kappa shape index (κ1) is 15.3. The summed E-state index contributed by atoms with van der Waals surface area (Å²) < 4.78 is 1.68. The van der Waals surface area contributed by atoms with Crippen molar-refractivity contribution in [2.75, 3.05) is 11.9 Å². The van der Waals surface area contributed by atoms with E-state index in [2.05, 4.69) is 32.7 Å². The molecule has 4 aromatic rings. The summed E-state index contributed by atoms with van der Waals surface area (Å²) >= 11 is 0. The molecule has 7 nitrogen and oxygen atoms in total. The van der Waals surface area contributed by atoms with Crippen LogP contribution in [-0.2, 0) is 13.0 Å². The van der Waals surface area contributed by atoms with Gasteiger partial charge in [0.05, 0.1) is 42.4 Å². The van der Waals surface area contributed by atoms with Crippen LogP contribution >= 0.6 is 0 Å². The van der Waals surface area contributed by atoms with Crippen LogP contribution in [0.2, 0.25) is 0 Å². The maximum Gasteiger partial charge on any atom is 0.132 e. The molecular weight excluding hydrogens is 316 g/mol. The third kappa shape index (κ3) is 3.36. The second-order valence-corrected chi connectivity index (χ2v) is 5.79. The number of benzene rings is 1. The second kappa shape index (κ2) is 6.74. The minimum absolute atomic E-state index is 0.0562. The van der Waals surface area contributed by atoms with E-state index < -0.39 is 0 Å². The highest BCUT2D eigenvalue weighted by Crippen LogP contribution is 2.23. The number of aliphatic hydroxyl groups is 1. The highest BCUT2D eigenvalue weighted by molar-refractivity contribution is 5.83. The van der Waals surface area contributed by atoms with E-state index in [0.29, 0.717) is 6.54 Å². The molecule has 4 rings (SSSR count). The van der Waals surface area contributed by atoms with Crippen LogP contribution in [0.25, 0.3) is 10.9 Å². The van der Waals surface area contributed by atoms with Gasteiger partial charge in [-0.05, 0) is 5.56 Å². The highest BCUT2D eigenvalue weighted by atomic mass is 16.3. The standard InChI is InChI=1S/C18H18N6O/c25-7-6-24-12-14(10-20-24)21-18-9-17-15(11-19-23-17)16(22-18)8-13-4-2-1-3-5-13/h1-5,9-12,25H,6-8H2,(H,19,23)(H,21,22). The van der Waals surface area contributed by atoms with Gasteiger partial charge in [-0.1, -0.05) is 30.3 Å². The lowest BCUT2D eigenvalue weighted by atomic mass is 10.1. The number of hydrogen-bond donors (Lipinski definition) is 3. The topological polar surface area (TPSA) is 91.7 Å².